The molecule has 1 aliphatic heterocycles. The molecule has 1 aliphatic rings. The van der Waals surface area contributed by atoms with E-state index in [0.29, 0.717) is 50.0 Å². The van der Waals surface area contributed by atoms with Crippen LogP contribution in [0.4, 0.5) is 5.95 Å². The largest absolute Gasteiger partial charge is 0.378 e. The molecule has 146 valence electrons. The number of allylic oxidation sites excluding steroid dienone is 1. The van der Waals surface area contributed by atoms with Gasteiger partial charge in [0, 0.05) is 33.7 Å². The maximum atomic E-state index is 12.9. The molecule has 0 saturated carbocycles. The van der Waals surface area contributed by atoms with Gasteiger partial charge < -0.3 is 14.2 Å². The third-order valence-electron chi connectivity index (χ3n) is 5.02. The van der Waals surface area contributed by atoms with Gasteiger partial charge in [-0.15, -0.1) is 0 Å². The number of rotatable bonds is 4. The van der Waals surface area contributed by atoms with Crippen LogP contribution < -0.4 is 16.1 Å². The molecule has 0 unspecified atom stereocenters. The summed E-state index contributed by atoms with van der Waals surface area (Å²) in [4.78, 5) is 32.0. The second-order valence-corrected chi connectivity index (χ2v) is 6.81. The van der Waals surface area contributed by atoms with Gasteiger partial charge in [0.2, 0.25) is 5.95 Å². The summed E-state index contributed by atoms with van der Waals surface area (Å²) in [5, 5.41) is 0. The Morgan fingerprint density at radius 3 is 2.50 bits per heavy atom. The molecule has 0 bridgehead atoms. The number of ether oxygens (including phenoxy) is 1. The van der Waals surface area contributed by atoms with E-state index < -0.39 is 0 Å². The van der Waals surface area contributed by atoms with E-state index in [9.17, 15) is 9.59 Å². The van der Waals surface area contributed by atoms with Gasteiger partial charge in [-0.3, -0.25) is 13.9 Å². The predicted octanol–water partition coefficient (Wildman–Crippen LogP) is 0.984. The van der Waals surface area contributed by atoms with Crippen LogP contribution in [0.15, 0.2) is 46.0 Å². The second-order valence-electron chi connectivity index (χ2n) is 6.81. The second kappa shape index (κ2) is 7.47. The van der Waals surface area contributed by atoms with Crippen LogP contribution in [0.3, 0.4) is 0 Å². The van der Waals surface area contributed by atoms with Crippen LogP contribution >= 0.6 is 0 Å². The average molecular weight is 381 g/mol. The van der Waals surface area contributed by atoms with E-state index in [4.69, 9.17) is 4.74 Å². The van der Waals surface area contributed by atoms with Crippen LogP contribution in [-0.4, -0.2) is 45.0 Å². The lowest BCUT2D eigenvalue weighted by Crippen LogP contribution is -2.38. The Morgan fingerprint density at radius 1 is 1.07 bits per heavy atom. The van der Waals surface area contributed by atoms with Crippen molar-refractivity contribution < 1.29 is 4.74 Å². The first-order valence-electron chi connectivity index (χ1n) is 9.28. The molecule has 0 radical (unpaired) electrons. The molecule has 3 aromatic rings. The van der Waals surface area contributed by atoms with Gasteiger partial charge in [-0.1, -0.05) is 42.5 Å². The molecule has 1 fully saturated rings. The minimum atomic E-state index is -0.379. The normalized spacial score (nSPS) is 15.0. The van der Waals surface area contributed by atoms with Crippen molar-refractivity contribution in [1.82, 2.24) is 18.7 Å². The van der Waals surface area contributed by atoms with Crippen molar-refractivity contribution >= 4 is 23.2 Å². The number of nitrogens with zero attached hydrogens (tertiary/aromatic N) is 5. The highest BCUT2D eigenvalue weighted by Gasteiger charge is 2.23. The maximum absolute atomic E-state index is 12.9. The molecule has 1 aromatic carbocycles. The minimum Gasteiger partial charge on any atom is -0.378 e. The fourth-order valence-electron chi connectivity index (χ4n) is 3.47. The van der Waals surface area contributed by atoms with E-state index >= 15 is 0 Å². The van der Waals surface area contributed by atoms with Gasteiger partial charge >= 0.3 is 5.69 Å². The summed E-state index contributed by atoms with van der Waals surface area (Å²) in [5.74, 6) is 0.689. The molecule has 8 heteroatoms. The Bertz CT molecular complexity index is 1130. The highest BCUT2D eigenvalue weighted by atomic mass is 16.5. The van der Waals surface area contributed by atoms with E-state index in [1.54, 1.807) is 7.05 Å². The Labute approximate surface area is 161 Å². The van der Waals surface area contributed by atoms with Crippen molar-refractivity contribution in [2.45, 2.75) is 6.54 Å². The monoisotopic (exact) mass is 381 g/mol. The molecule has 3 heterocycles. The lowest BCUT2D eigenvalue weighted by Gasteiger charge is -2.28. The average Bonchev–Trinajstić information content (AvgIpc) is 3.12. The van der Waals surface area contributed by atoms with E-state index in [1.165, 1.54) is 11.6 Å². The van der Waals surface area contributed by atoms with E-state index in [2.05, 4.69) is 9.88 Å². The summed E-state index contributed by atoms with van der Waals surface area (Å²) >= 11 is 0. The van der Waals surface area contributed by atoms with Crippen molar-refractivity contribution in [2.24, 2.45) is 14.1 Å². The number of morpholine rings is 1. The predicted molar refractivity (Wildman–Crippen MR) is 109 cm³/mol. The summed E-state index contributed by atoms with van der Waals surface area (Å²) in [5.41, 5.74) is 1.21. The van der Waals surface area contributed by atoms with Crippen molar-refractivity contribution in [1.29, 1.82) is 0 Å². The first-order chi connectivity index (χ1) is 13.6. The van der Waals surface area contributed by atoms with Crippen molar-refractivity contribution in [3.05, 3.63) is 62.8 Å². The first kappa shape index (κ1) is 18.2. The van der Waals surface area contributed by atoms with Gasteiger partial charge in [0.15, 0.2) is 11.2 Å². The van der Waals surface area contributed by atoms with Crippen LogP contribution in [0, 0.1) is 0 Å². The van der Waals surface area contributed by atoms with Gasteiger partial charge in [0.05, 0.1) is 13.2 Å². The molecule has 8 nitrogen and oxygen atoms in total. The molecule has 28 heavy (non-hydrogen) atoms. The van der Waals surface area contributed by atoms with Crippen molar-refractivity contribution in [3.63, 3.8) is 0 Å². The van der Waals surface area contributed by atoms with Gasteiger partial charge in [0.1, 0.15) is 0 Å². The lowest BCUT2D eigenvalue weighted by atomic mass is 10.2. The molecule has 0 spiro atoms. The zero-order valence-electron chi connectivity index (χ0n) is 16.0. The number of hydrogen-bond acceptors (Lipinski definition) is 5. The number of aryl methyl sites for hydroxylation is 1. The Balaban J connectivity index is 1.84. The molecule has 2 aromatic heterocycles. The number of hydrogen-bond donors (Lipinski definition) is 0. The van der Waals surface area contributed by atoms with E-state index in [0.717, 1.165) is 10.1 Å². The van der Waals surface area contributed by atoms with E-state index in [-0.39, 0.29) is 11.2 Å². The molecule has 0 atom stereocenters. The SMILES string of the molecule is Cn1c(=O)c2c(nc(N3CCOCC3)n2C/C=C/c2ccccc2)n(C)c1=O. The van der Waals surface area contributed by atoms with Gasteiger partial charge in [0.25, 0.3) is 5.56 Å². The molecule has 0 aliphatic carbocycles. The first-order valence-corrected chi connectivity index (χ1v) is 9.28. The zero-order chi connectivity index (χ0) is 19.7. The molecular weight excluding hydrogens is 358 g/mol. The summed E-state index contributed by atoms with van der Waals surface area (Å²) in [7, 11) is 3.14. The van der Waals surface area contributed by atoms with Crippen molar-refractivity contribution in [2.75, 3.05) is 31.2 Å². The van der Waals surface area contributed by atoms with Crippen LogP contribution in [0.2, 0.25) is 0 Å². The number of anilines is 1. The molecule has 4 rings (SSSR count). The molecule has 1 saturated heterocycles. The molecule has 0 amide bonds. The Hall–Kier alpha value is -3.13. The number of aromatic nitrogens is 4. The van der Waals surface area contributed by atoms with Crippen LogP contribution in [0.5, 0.6) is 0 Å². The van der Waals surface area contributed by atoms with Crippen LogP contribution in [0.1, 0.15) is 5.56 Å². The minimum absolute atomic E-state index is 0.335. The highest BCUT2D eigenvalue weighted by Crippen LogP contribution is 2.21. The van der Waals surface area contributed by atoms with Gasteiger partial charge in [-0.25, -0.2) is 4.79 Å². The third-order valence-corrected chi connectivity index (χ3v) is 5.02. The number of imidazole rings is 1. The lowest BCUT2D eigenvalue weighted by molar-refractivity contribution is 0.121. The van der Waals surface area contributed by atoms with Gasteiger partial charge in [-0.2, -0.15) is 4.98 Å². The smallest absolute Gasteiger partial charge is 0.332 e. The quantitative estimate of drug-likeness (QED) is 0.674. The fraction of sp³-hybridized carbons (Fsp3) is 0.350. The molecular formula is C20H23N5O3. The number of benzene rings is 1. The summed E-state index contributed by atoms with van der Waals surface area (Å²) < 4.78 is 9.89. The zero-order valence-corrected chi connectivity index (χ0v) is 16.0. The van der Waals surface area contributed by atoms with E-state index in [1.807, 2.05) is 47.1 Å². The fourth-order valence-corrected chi connectivity index (χ4v) is 3.47. The van der Waals surface area contributed by atoms with Gasteiger partial charge in [-0.05, 0) is 5.56 Å². The standard InChI is InChI=1S/C20H23N5O3/c1-22-17-16(18(26)23(2)20(22)27)25(10-6-9-15-7-4-3-5-8-15)19(21-17)24-11-13-28-14-12-24/h3-9H,10-14H2,1-2H3/b9-6+. The number of fused-ring (bicyclic) bond motifs is 1. The van der Waals surface area contributed by atoms with Crippen LogP contribution in [0.25, 0.3) is 17.2 Å². The highest BCUT2D eigenvalue weighted by molar-refractivity contribution is 5.74. The third kappa shape index (κ3) is 3.16. The summed E-state index contributed by atoms with van der Waals surface area (Å²) in [6.07, 6.45) is 4.02. The summed E-state index contributed by atoms with van der Waals surface area (Å²) in [6.45, 7) is 3.09. The Morgan fingerprint density at radius 2 is 1.79 bits per heavy atom. The van der Waals surface area contributed by atoms with Crippen LogP contribution in [-0.2, 0) is 25.4 Å². The Kier molecular flexibility index (Phi) is 4.87. The summed E-state index contributed by atoms with van der Waals surface area (Å²) in [6, 6.07) is 9.98. The maximum Gasteiger partial charge on any atom is 0.332 e. The van der Waals surface area contributed by atoms with Crippen molar-refractivity contribution in [3.8, 4) is 0 Å². The topological polar surface area (TPSA) is 74.3 Å². The molecule has 0 N–H and O–H groups in total.